The van der Waals surface area contributed by atoms with Gasteiger partial charge in [0.2, 0.25) is 0 Å². The number of amidine groups is 1. The molecule has 1 unspecified atom stereocenters. The number of nitrogens with two attached hydrogens (primary N) is 2. The van der Waals surface area contributed by atoms with Crippen LogP contribution in [0.4, 0.5) is 10.5 Å². The molecular formula is C22H29ClN6O. The number of halogens is 1. The van der Waals surface area contributed by atoms with E-state index in [1.54, 1.807) is 31.3 Å². The molecule has 0 radical (unpaired) electrons. The van der Waals surface area contributed by atoms with Crippen LogP contribution in [-0.4, -0.2) is 42.0 Å². The Morgan fingerprint density at radius 2 is 1.93 bits per heavy atom. The van der Waals surface area contributed by atoms with Gasteiger partial charge >= 0.3 is 6.03 Å². The van der Waals surface area contributed by atoms with Gasteiger partial charge in [0, 0.05) is 42.7 Å². The number of hydrogen-bond acceptors (Lipinski definition) is 4. The zero-order valence-electron chi connectivity index (χ0n) is 17.2. The number of amides is 2. The Morgan fingerprint density at radius 1 is 1.23 bits per heavy atom. The number of hydrazine groups is 1. The van der Waals surface area contributed by atoms with Crippen LogP contribution in [0.5, 0.6) is 0 Å². The van der Waals surface area contributed by atoms with Gasteiger partial charge in [-0.2, -0.15) is 0 Å². The number of carbonyl (C=O) groups is 1. The monoisotopic (exact) mass is 428 g/mol. The molecule has 160 valence electrons. The highest BCUT2D eigenvalue weighted by atomic mass is 35.5. The molecule has 7 nitrogen and oxygen atoms in total. The predicted octanol–water partition coefficient (Wildman–Crippen LogP) is 3.76. The molecule has 1 aliphatic heterocycles. The van der Waals surface area contributed by atoms with Gasteiger partial charge in [0.15, 0.2) is 0 Å². The Balaban J connectivity index is 1.78. The average molecular weight is 429 g/mol. The largest absolute Gasteiger partial charge is 0.386 e. The van der Waals surface area contributed by atoms with Crippen molar-refractivity contribution < 1.29 is 4.79 Å². The summed E-state index contributed by atoms with van der Waals surface area (Å²) < 4.78 is 0. The lowest BCUT2D eigenvalue weighted by Crippen LogP contribution is -2.50. The fraction of sp³-hybridized carbons (Fsp3) is 0.364. The second kappa shape index (κ2) is 9.82. The van der Waals surface area contributed by atoms with E-state index in [9.17, 15) is 4.79 Å². The summed E-state index contributed by atoms with van der Waals surface area (Å²) in [4.78, 5) is 14.8. The number of likely N-dealkylation sites (tertiary alicyclic amines) is 1. The second-order valence-corrected chi connectivity index (χ2v) is 8.21. The summed E-state index contributed by atoms with van der Waals surface area (Å²) in [7, 11) is 1.64. The van der Waals surface area contributed by atoms with E-state index in [0.29, 0.717) is 30.4 Å². The first-order chi connectivity index (χ1) is 14.4. The number of hydrazone groups is 1. The van der Waals surface area contributed by atoms with Gasteiger partial charge < -0.3 is 16.0 Å². The Labute approximate surface area is 182 Å². The van der Waals surface area contributed by atoms with E-state index in [4.69, 9.17) is 23.2 Å². The summed E-state index contributed by atoms with van der Waals surface area (Å²) in [5, 5.41) is 8.94. The molecule has 1 atom stereocenters. The maximum Gasteiger partial charge on any atom is 0.321 e. The fourth-order valence-corrected chi connectivity index (χ4v) is 4.16. The minimum absolute atomic E-state index is 0.111. The molecule has 8 heteroatoms. The van der Waals surface area contributed by atoms with E-state index in [2.05, 4.69) is 22.6 Å². The van der Waals surface area contributed by atoms with Gasteiger partial charge in [-0.05, 0) is 49.1 Å². The number of carbonyl (C=O) groups excluding carboxylic acids is 1. The van der Waals surface area contributed by atoms with Crippen LogP contribution < -0.4 is 16.9 Å². The van der Waals surface area contributed by atoms with Gasteiger partial charge in [-0.25, -0.2) is 15.8 Å². The van der Waals surface area contributed by atoms with Crippen molar-refractivity contribution in [3.05, 3.63) is 65.2 Å². The molecule has 0 bridgehead atoms. The molecule has 2 aromatic rings. The summed E-state index contributed by atoms with van der Waals surface area (Å²) in [6.45, 7) is 1.32. The topological polar surface area (TPSA) is 100.0 Å². The molecule has 0 spiro atoms. The first-order valence-electron chi connectivity index (χ1n) is 10.1. The van der Waals surface area contributed by atoms with Gasteiger partial charge in [-0.1, -0.05) is 41.9 Å². The summed E-state index contributed by atoms with van der Waals surface area (Å²) in [6.07, 6.45) is 3.28. The summed E-state index contributed by atoms with van der Waals surface area (Å²) in [5.74, 6) is 6.07. The molecule has 0 aliphatic carbocycles. The highest BCUT2D eigenvalue weighted by Crippen LogP contribution is 2.38. The van der Waals surface area contributed by atoms with E-state index in [0.717, 1.165) is 24.9 Å². The van der Waals surface area contributed by atoms with Crippen LogP contribution in [0.3, 0.4) is 0 Å². The van der Waals surface area contributed by atoms with Gasteiger partial charge in [0.1, 0.15) is 5.84 Å². The molecule has 2 aromatic carbocycles. The van der Waals surface area contributed by atoms with Gasteiger partial charge in [-0.3, -0.25) is 0 Å². The number of nitrogens with zero attached hydrogens (tertiary/aromatic N) is 3. The molecule has 1 aliphatic rings. The molecule has 3 rings (SSSR count). The number of hydrogen-bond donors (Lipinski definition) is 3. The van der Waals surface area contributed by atoms with Gasteiger partial charge in [0.25, 0.3) is 0 Å². The Kier molecular flexibility index (Phi) is 7.18. The van der Waals surface area contributed by atoms with Crippen LogP contribution in [0.2, 0.25) is 5.02 Å². The van der Waals surface area contributed by atoms with Gasteiger partial charge in [0.05, 0.1) is 0 Å². The van der Waals surface area contributed by atoms with E-state index < -0.39 is 0 Å². The van der Waals surface area contributed by atoms with E-state index >= 15 is 0 Å². The van der Waals surface area contributed by atoms with Crippen LogP contribution in [0.1, 0.15) is 31.2 Å². The number of piperidine rings is 1. The Hall–Kier alpha value is -2.77. The van der Waals surface area contributed by atoms with E-state index in [-0.39, 0.29) is 11.4 Å². The zero-order chi connectivity index (χ0) is 21.6. The standard InChI is InChI=1S/C22H29ClN6O/c1-28(25)27-20(24)12-14-22(17-6-3-2-4-7-17)13-5-15-29(16-22)21(30)26-19-10-8-18(23)9-11-19/h2-4,6-11H,5,12-16,25H2,1H3,(H2,24,27)(H,26,30). The van der Waals surface area contributed by atoms with Crippen molar-refractivity contribution in [1.82, 2.24) is 10.0 Å². The SMILES string of the molecule is CN(N)N=C(N)CCC1(c2ccccc2)CCCN(C(=O)Nc2ccc(Cl)cc2)C1. The number of nitrogens with one attached hydrogen (secondary N) is 1. The maximum absolute atomic E-state index is 13.0. The van der Waals surface area contributed by atoms with Crippen LogP contribution in [0.15, 0.2) is 59.7 Å². The summed E-state index contributed by atoms with van der Waals surface area (Å²) >= 11 is 5.94. The molecule has 1 fully saturated rings. The normalized spacial score (nSPS) is 19.4. The molecule has 2 amide bonds. The van der Waals surface area contributed by atoms with Crippen LogP contribution in [0.25, 0.3) is 0 Å². The number of rotatable bonds is 6. The molecule has 0 saturated carbocycles. The minimum atomic E-state index is -0.190. The third kappa shape index (κ3) is 5.64. The molecular weight excluding hydrogens is 400 g/mol. The fourth-order valence-electron chi connectivity index (χ4n) is 4.04. The number of anilines is 1. The highest BCUT2D eigenvalue weighted by Gasteiger charge is 2.38. The first kappa shape index (κ1) is 21.9. The minimum Gasteiger partial charge on any atom is -0.386 e. The van der Waals surface area contributed by atoms with E-state index in [1.165, 1.54) is 10.7 Å². The third-order valence-electron chi connectivity index (χ3n) is 5.49. The lowest BCUT2D eigenvalue weighted by molar-refractivity contribution is 0.155. The number of urea groups is 1. The number of benzene rings is 2. The van der Waals surface area contributed by atoms with Crippen molar-refractivity contribution in [3.63, 3.8) is 0 Å². The van der Waals surface area contributed by atoms with Gasteiger partial charge in [-0.15, -0.1) is 5.10 Å². The summed E-state index contributed by atoms with van der Waals surface area (Å²) in [5.41, 5.74) is 7.81. The average Bonchev–Trinajstić information content (AvgIpc) is 2.74. The maximum atomic E-state index is 13.0. The lowest BCUT2D eigenvalue weighted by atomic mass is 9.71. The van der Waals surface area contributed by atoms with Crippen molar-refractivity contribution >= 4 is 29.2 Å². The van der Waals surface area contributed by atoms with Crippen molar-refractivity contribution in [2.45, 2.75) is 31.1 Å². The smallest absolute Gasteiger partial charge is 0.321 e. The highest BCUT2D eigenvalue weighted by molar-refractivity contribution is 6.30. The lowest BCUT2D eigenvalue weighted by Gasteiger charge is -2.43. The Morgan fingerprint density at radius 3 is 2.60 bits per heavy atom. The third-order valence-corrected chi connectivity index (χ3v) is 5.74. The first-order valence-corrected chi connectivity index (χ1v) is 10.4. The van der Waals surface area contributed by atoms with Crippen molar-refractivity contribution in [1.29, 1.82) is 0 Å². The quantitative estimate of drug-likeness (QED) is 0.282. The zero-order valence-corrected chi connectivity index (χ0v) is 18.0. The van der Waals surface area contributed by atoms with Crippen LogP contribution >= 0.6 is 11.6 Å². The molecule has 1 heterocycles. The molecule has 5 N–H and O–H groups in total. The van der Waals surface area contributed by atoms with Crippen molar-refractivity contribution in [3.8, 4) is 0 Å². The Bertz CT molecular complexity index is 871. The summed E-state index contributed by atoms with van der Waals surface area (Å²) in [6, 6.07) is 17.3. The van der Waals surface area contributed by atoms with Crippen molar-refractivity contribution in [2.24, 2.45) is 16.7 Å². The van der Waals surface area contributed by atoms with Crippen LogP contribution in [-0.2, 0) is 5.41 Å². The van der Waals surface area contributed by atoms with Crippen molar-refractivity contribution in [2.75, 3.05) is 25.5 Å². The van der Waals surface area contributed by atoms with E-state index in [1.807, 2.05) is 23.1 Å². The molecule has 0 aromatic heterocycles. The second-order valence-electron chi connectivity index (χ2n) is 7.77. The molecule has 1 saturated heterocycles. The molecule has 30 heavy (non-hydrogen) atoms. The van der Waals surface area contributed by atoms with Crippen LogP contribution in [0, 0.1) is 0 Å². The predicted molar refractivity (Wildman–Crippen MR) is 122 cm³/mol.